The number of benzene rings is 1. The third-order valence-electron chi connectivity index (χ3n) is 3.18. The molecular weight excluding hydrogens is 259 g/mol. The fraction of sp³-hybridized carbons (Fsp3) is 0.500. The second-order valence-electron chi connectivity index (χ2n) is 4.09. The molecule has 0 bridgehead atoms. The predicted molar refractivity (Wildman–Crippen MR) is 75.2 cm³/mol. The number of hydrogen-bond acceptors (Lipinski definition) is 3. The highest BCUT2D eigenvalue weighted by atomic mass is 35.5. The van der Waals surface area contributed by atoms with Crippen molar-refractivity contribution in [3.8, 4) is 5.75 Å². The van der Waals surface area contributed by atoms with E-state index in [4.69, 9.17) is 4.74 Å². The van der Waals surface area contributed by atoms with Crippen molar-refractivity contribution in [1.29, 1.82) is 0 Å². The van der Waals surface area contributed by atoms with Crippen LogP contribution in [0.25, 0.3) is 0 Å². The Balaban J connectivity index is 0.000000722. The van der Waals surface area contributed by atoms with E-state index in [0.29, 0.717) is 0 Å². The minimum absolute atomic E-state index is 0. The van der Waals surface area contributed by atoms with E-state index in [0.717, 1.165) is 45.0 Å². The lowest BCUT2D eigenvalue weighted by Crippen LogP contribution is -2.43. The zero-order valence-electron chi connectivity index (χ0n) is 9.65. The highest BCUT2D eigenvalue weighted by Gasteiger charge is 2.20. The Hall–Kier alpha value is -0.640. The first-order valence-electron chi connectivity index (χ1n) is 5.65. The number of fused-ring (bicyclic) bond motifs is 1. The zero-order chi connectivity index (χ0) is 10.1. The summed E-state index contributed by atoms with van der Waals surface area (Å²) < 4.78 is 5.59. The molecule has 0 atom stereocenters. The van der Waals surface area contributed by atoms with Crippen molar-refractivity contribution in [2.45, 2.75) is 6.42 Å². The molecule has 0 amide bonds. The normalized spacial score (nSPS) is 17.5. The van der Waals surface area contributed by atoms with Gasteiger partial charge in [-0.05, 0) is 12.1 Å². The number of rotatable bonds is 1. The van der Waals surface area contributed by atoms with Crippen molar-refractivity contribution >= 4 is 30.5 Å². The van der Waals surface area contributed by atoms with Gasteiger partial charge in [0.25, 0.3) is 0 Å². The fourth-order valence-electron chi connectivity index (χ4n) is 2.41. The van der Waals surface area contributed by atoms with E-state index in [-0.39, 0.29) is 24.8 Å². The predicted octanol–water partition coefficient (Wildman–Crippen LogP) is 1.87. The molecule has 2 heterocycles. The molecule has 1 aromatic carbocycles. The van der Waals surface area contributed by atoms with Crippen LogP contribution in [0.3, 0.4) is 0 Å². The molecule has 0 spiro atoms. The van der Waals surface area contributed by atoms with Gasteiger partial charge in [0.2, 0.25) is 0 Å². The maximum atomic E-state index is 5.59. The zero-order valence-corrected chi connectivity index (χ0v) is 11.3. The first-order valence-corrected chi connectivity index (χ1v) is 5.65. The molecule has 0 radical (unpaired) electrons. The first kappa shape index (κ1) is 14.4. The molecule has 1 saturated heterocycles. The van der Waals surface area contributed by atoms with Gasteiger partial charge in [-0.25, -0.2) is 0 Å². The third kappa shape index (κ3) is 2.79. The number of anilines is 1. The quantitative estimate of drug-likeness (QED) is 0.848. The fourth-order valence-corrected chi connectivity index (χ4v) is 2.41. The number of piperazine rings is 1. The Labute approximate surface area is 114 Å². The molecule has 0 unspecified atom stereocenters. The maximum absolute atomic E-state index is 5.59. The van der Waals surface area contributed by atoms with Crippen LogP contribution in [0.4, 0.5) is 5.69 Å². The van der Waals surface area contributed by atoms with Gasteiger partial charge in [0.1, 0.15) is 5.75 Å². The summed E-state index contributed by atoms with van der Waals surface area (Å²) in [5.41, 5.74) is 2.78. The van der Waals surface area contributed by atoms with Gasteiger partial charge in [-0.3, -0.25) is 0 Å². The molecule has 0 saturated carbocycles. The highest BCUT2D eigenvalue weighted by Crippen LogP contribution is 2.33. The van der Waals surface area contributed by atoms with Crippen molar-refractivity contribution in [2.75, 3.05) is 37.7 Å². The van der Waals surface area contributed by atoms with Gasteiger partial charge in [0.15, 0.2) is 0 Å². The molecule has 0 aliphatic carbocycles. The Bertz CT molecular complexity index is 368. The van der Waals surface area contributed by atoms with E-state index in [1.807, 2.05) is 0 Å². The summed E-state index contributed by atoms with van der Waals surface area (Å²) in [5, 5.41) is 3.38. The van der Waals surface area contributed by atoms with E-state index in [9.17, 15) is 0 Å². The van der Waals surface area contributed by atoms with Gasteiger partial charge in [0.05, 0.1) is 6.61 Å². The number of halogens is 2. The van der Waals surface area contributed by atoms with Crippen LogP contribution in [0.1, 0.15) is 5.56 Å². The number of nitrogens with zero attached hydrogens (tertiary/aromatic N) is 1. The lowest BCUT2D eigenvalue weighted by atomic mass is 10.1. The lowest BCUT2D eigenvalue weighted by Gasteiger charge is -2.30. The molecule has 1 N–H and O–H groups in total. The molecule has 1 fully saturated rings. The molecule has 3 rings (SSSR count). The molecular formula is C12H18Cl2N2O. The molecule has 3 nitrogen and oxygen atoms in total. The summed E-state index contributed by atoms with van der Waals surface area (Å²) in [6.07, 6.45) is 1.06. The Kier molecular flexibility index (Phi) is 5.37. The summed E-state index contributed by atoms with van der Waals surface area (Å²) in [4.78, 5) is 2.46. The summed E-state index contributed by atoms with van der Waals surface area (Å²) in [6, 6.07) is 6.40. The lowest BCUT2D eigenvalue weighted by molar-refractivity contribution is 0.357. The van der Waals surface area contributed by atoms with Crippen LogP contribution in [-0.2, 0) is 6.42 Å². The number of nitrogens with one attached hydrogen (secondary N) is 1. The van der Waals surface area contributed by atoms with E-state index in [1.165, 1.54) is 11.3 Å². The van der Waals surface area contributed by atoms with Gasteiger partial charge in [-0.1, -0.05) is 6.07 Å². The maximum Gasteiger partial charge on any atom is 0.124 e. The van der Waals surface area contributed by atoms with E-state index < -0.39 is 0 Å². The van der Waals surface area contributed by atoms with Gasteiger partial charge in [-0.15, -0.1) is 24.8 Å². The molecule has 96 valence electrons. The smallest absolute Gasteiger partial charge is 0.124 e. The van der Waals surface area contributed by atoms with Crippen molar-refractivity contribution < 1.29 is 4.74 Å². The van der Waals surface area contributed by atoms with Crippen molar-refractivity contribution in [3.63, 3.8) is 0 Å². The molecule has 5 heteroatoms. The Morgan fingerprint density at radius 2 is 1.88 bits per heavy atom. The van der Waals surface area contributed by atoms with E-state index in [1.54, 1.807) is 0 Å². The average molecular weight is 277 g/mol. The largest absolute Gasteiger partial charge is 0.493 e. The second kappa shape index (κ2) is 6.34. The van der Waals surface area contributed by atoms with Crippen molar-refractivity contribution in [2.24, 2.45) is 0 Å². The number of hydrogen-bond donors (Lipinski definition) is 1. The van der Waals surface area contributed by atoms with Crippen LogP contribution in [0.2, 0.25) is 0 Å². The van der Waals surface area contributed by atoms with Crippen LogP contribution in [0.5, 0.6) is 5.75 Å². The molecule has 2 aliphatic rings. The topological polar surface area (TPSA) is 24.5 Å². The van der Waals surface area contributed by atoms with Gasteiger partial charge >= 0.3 is 0 Å². The van der Waals surface area contributed by atoms with E-state index >= 15 is 0 Å². The summed E-state index contributed by atoms with van der Waals surface area (Å²) in [7, 11) is 0. The third-order valence-corrected chi connectivity index (χ3v) is 3.18. The molecule has 2 aliphatic heterocycles. The molecule has 17 heavy (non-hydrogen) atoms. The van der Waals surface area contributed by atoms with E-state index in [2.05, 4.69) is 28.4 Å². The van der Waals surface area contributed by atoms with Crippen LogP contribution in [-0.4, -0.2) is 32.8 Å². The van der Waals surface area contributed by atoms with Gasteiger partial charge in [0, 0.05) is 43.9 Å². The van der Waals surface area contributed by atoms with Crippen LogP contribution >= 0.6 is 24.8 Å². The summed E-state index contributed by atoms with van der Waals surface area (Å²) in [6.45, 7) is 5.24. The molecule has 1 aromatic rings. The van der Waals surface area contributed by atoms with Crippen LogP contribution in [0.15, 0.2) is 18.2 Å². The first-order chi connectivity index (χ1) is 7.45. The molecule has 0 aromatic heterocycles. The second-order valence-corrected chi connectivity index (χ2v) is 4.09. The Morgan fingerprint density at radius 3 is 2.65 bits per heavy atom. The van der Waals surface area contributed by atoms with Crippen LogP contribution in [0, 0.1) is 0 Å². The van der Waals surface area contributed by atoms with Crippen molar-refractivity contribution in [1.82, 2.24) is 5.32 Å². The van der Waals surface area contributed by atoms with Crippen molar-refractivity contribution in [3.05, 3.63) is 23.8 Å². The summed E-state index contributed by atoms with van der Waals surface area (Å²) in [5.74, 6) is 1.09. The minimum atomic E-state index is 0. The monoisotopic (exact) mass is 276 g/mol. The highest BCUT2D eigenvalue weighted by molar-refractivity contribution is 5.85. The van der Waals surface area contributed by atoms with Crippen LogP contribution < -0.4 is 15.0 Å². The Morgan fingerprint density at radius 1 is 1.12 bits per heavy atom. The number of ether oxygens (including phenoxy) is 1. The van der Waals surface area contributed by atoms with Gasteiger partial charge < -0.3 is 15.0 Å². The SMILES string of the molecule is Cl.Cl.c1cc2c(c(N3CCNCC3)c1)CCO2. The average Bonchev–Trinajstić information content (AvgIpc) is 2.78. The summed E-state index contributed by atoms with van der Waals surface area (Å²) >= 11 is 0. The standard InChI is InChI=1S/C12H16N2O.2ClH/c1-2-11(14-7-5-13-6-8-14)10-4-9-15-12(10)3-1;;/h1-3,13H,4-9H2;2*1H. The van der Waals surface area contributed by atoms with Gasteiger partial charge in [-0.2, -0.15) is 0 Å². The minimum Gasteiger partial charge on any atom is -0.493 e.